The summed E-state index contributed by atoms with van der Waals surface area (Å²) in [6.07, 6.45) is 2.77. The highest BCUT2D eigenvalue weighted by Crippen LogP contribution is 2.30. The van der Waals surface area contributed by atoms with E-state index in [4.69, 9.17) is 9.47 Å². The average molecular weight is 270 g/mol. The maximum absolute atomic E-state index is 5.58. The van der Waals surface area contributed by atoms with Crippen LogP contribution in [0.2, 0.25) is 0 Å². The molecule has 0 aliphatic carbocycles. The number of ether oxygens (including phenoxy) is 2. The molecule has 0 bridgehead atoms. The third-order valence-electron chi connectivity index (χ3n) is 3.22. The number of rotatable bonds is 5. The van der Waals surface area contributed by atoms with E-state index in [0.717, 1.165) is 36.7 Å². The smallest absolute Gasteiger partial charge is 0.161 e. The van der Waals surface area contributed by atoms with E-state index in [1.165, 1.54) is 5.56 Å². The van der Waals surface area contributed by atoms with E-state index in [-0.39, 0.29) is 0 Å². The molecule has 0 saturated carbocycles. The van der Waals surface area contributed by atoms with Crippen molar-refractivity contribution in [2.24, 2.45) is 0 Å². The van der Waals surface area contributed by atoms with Gasteiger partial charge in [-0.3, -0.25) is 4.98 Å². The predicted molar refractivity (Wildman–Crippen MR) is 77.1 cm³/mol. The molecule has 1 aliphatic rings. The van der Waals surface area contributed by atoms with Crippen molar-refractivity contribution in [3.63, 3.8) is 0 Å². The molecule has 0 saturated heterocycles. The van der Waals surface area contributed by atoms with Crippen LogP contribution in [0, 0.1) is 0 Å². The molecular weight excluding hydrogens is 252 g/mol. The fraction of sp³-hybridized carbons (Fsp3) is 0.312. The Kier molecular flexibility index (Phi) is 4.13. The molecule has 0 atom stereocenters. The molecule has 4 heteroatoms. The van der Waals surface area contributed by atoms with Crippen LogP contribution in [0.5, 0.6) is 11.5 Å². The van der Waals surface area contributed by atoms with Gasteiger partial charge in [0.05, 0.1) is 0 Å². The molecule has 0 spiro atoms. The standard InChI is InChI=1S/C16H18N2O2/c1-2-7-18-14(3-1)6-8-17-12-13-4-5-15-16(11-13)20-10-9-19-15/h1-5,7,11,17H,6,8-10,12H2. The molecule has 0 radical (unpaired) electrons. The lowest BCUT2D eigenvalue weighted by Crippen LogP contribution is -2.18. The maximum atomic E-state index is 5.58. The topological polar surface area (TPSA) is 43.4 Å². The van der Waals surface area contributed by atoms with Crippen molar-refractivity contribution in [2.75, 3.05) is 19.8 Å². The summed E-state index contributed by atoms with van der Waals surface area (Å²) < 4.78 is 11.1. The number of nitrogens with one attached hydrogen (secondary N) is 1. The molecule has 20 heavy (non-hydrogen) atoms. The van der Waals surface area contributed by atoms with Gasteiger partial charge in [-0.2, -0.15) is 0 Å². The summed E-state index contributed by atoms with van der Waals surface area (Å²) in [6.45, 7) is 2.99. The zero-order valence-corrected chi connectivity index (χ0v) is 11.3. The highest BCUT2D eigenvalue weighted by atomic mass is 16.6. The Balaban J connectivity index is 1.49. The average Bonchev–Trinajstić information content (AvgIpc) is 2.52. The molecule has 1 aromatic heterocycles. The van der Waals surface area contributed by atoms with Crippen LogP contribution in [0.15, 0.2) is 42.6 Å². The summed E-state index contributed by atoms with van der Waals surface area (Å²) in [4.78, 5) is 4.30. The quantitative estimate of drug-likeness (QED) is 0.846. The summed E-state index contributed by atoms with van der Waals surface area (Å²) in [5.74, 6) is 1.69. The van der Waals surface area contributed by atoms with E-state index in [2.05, 4.69) is 16.4 Å². The molecule has 104 valence electrons. The van der Waals surface area contributed by atoms with Crippen molar-refractivity contribution >= 4 is 0 Å². The Morgan fingerprint density at radius 3 is 2.80 bits per heavy atom. The number of hydrogen-bond donors (Lipinski definition) is 1. The second-order valence-electron chi connectivity index (χ2n) is 4.73. The van der Waals surface area contributed by atoms with Crippen molar-refractivity contribution in [1.29, 1.82) is 0 Å². The fourth-order valence-corrected chi connectivity index (χ4v) is 2.19. The second kappa shape index (κ2) is 6.39. The van der Waals surface area contributed by atoms with E-state index >= 15 is 0 Å². The first-order valence-electron chi connectivity index (χ1n) is 6.91. The SMILES string of the molecule is c1ccc(CCNCc2ccc3c(c2)OCCO3)nc1. The monoisotopic (exact) mass is 270 g/mol. The van der Waals surface area contributed by atoms with Crippen molar-refractivity contribution in [3.05, 3.63) is 53.9 Å². The Labute approximate surface area is 118 Å². The first kappa shape index (κ1) is 12.9. The molecule has 1 aliphatic heterocycles. The molecular formula is C16H18N2O2. The van der Waals surface area contributed by atoms with Crippen LogP contribution in [0.1, 0.15) is 11.3 Å². The highest BCUT2D eigenvalue weighted by molar-refractivity contribution is 5.43. The van der Waals surface area contributed by atoms with Crippen molar-refractivity contribution in [1.82, 2.24) is 10.3 Å². The minimum absolute atomic E-state index is 0.629. The van der Waals surface area contributed by atoms with Crippen LogP contribution in [-0.4, -0.2) is 24.7 Å². The first-order chi connectivity index (χ1) is 9.92. The minimum Gasteiger partial charge on any atom is -0.486 e. The van der Waals surface area contributed by atoms with Crippen LogP contribution < -0.4 is 14.8 Å². The zero-order chi connectivity index (χ0) is 13.6. The van der Waals surface area contributed by atoms with Crippen LogP contribution >= 0.6 is 0 Å². The Morgan fingerprint density at radius 2 is 1.95 bits per heavy atom. The molecule has 0 amide bonds. The van der Waals surface area contributed by atoms with Gasteiger partial charge in [-0.15, -0.1) is 0 Å². The lowest BCUT2D eigenvalue weighted by molar-refractivity contribution is 0.171. The second-order valence-corrected chi connectivity index (χ2v) is 4.73. The molecule has 3 rings (SSSR count). The van der Waals surface area contributed by atoms with Gasteiger partial charge in [0.1, 0.15) is 13.2 Å². The largest absolute Gasteiger partial charge is 0.486 e. The Morgan fingerprint density at radius 1 is 1.05 bits per heavy atom. The molecule has 4 nitrogen and oxygen atoms in total. The first-order valence-corrected chi connectivity index (χ1v) is 6.91. The van der Waals surface area contributed by atoms with Crippen LogP contribution in [-0.2, 0) is 13.0 Å². The normalized spacial score (nSPS) is 13.2. The number of fused-ring (bicyclic) bond motifs is 1. The maximum Gasteiger partial charge on any atom is 0.161 e. The molecule has 1 aromatic carbocycles. The summed E-state index contributed by atoms with van der Waals surface area (Å²) in [7, 11) is 0. The number of pyridine rings is 1. The van der Waals surface area contributed by atoms with Gasteiger partial charge in [0, 0.05) is 31.4 Å². The summed E-state index contributed by atoms with van der Waals surface area (Å²) in [5.41, 5.74) is 2.32. The fourth-order valence-electron chi connectivity index (χ4n) is 2.19. The predicted octanol–water partition coefficient (Wildman–Crippen LogP) is 2.19. The Bertz CT molecular complexity index is 558. The molecule has 0 unspecified atom stereocenters. The van der Waals surface area contributed by atoms with E-state index < -0.39 is 0 Å². The summed E-state index contributed by atoms with van der Waals surface area (Å²) >= 11 is 0. The van der Waals surface area contributed by atoms with E-state index in [1.807, 2.05) is 36.5 Å². The molecule has 1 N–H and O–H groups in total. The van der Waals surface area contributed by atoms with E-state index in [0.29, 0.717) is 13.2 Å². The molecule has 2 aromatic rings. The van der Waals surface area contributed by atoms with Crippen LogP contribution in [0.25, 0.3) is 0 Å². The number of hydrogen-bond acceptors (Lipinski definition) is 4. The number of aromatic nitrogens is 1. The highest BCUT2D eigenvalue weighted by Gasteiger charge is 2.11. The Hall–Kier alpha value is -2.07. The third-order valence-corrected chi connectivity index (χ3v) is 3.22. The van der Waals surface area contributed by atoms with E-state index in [1.54, 1.807) is 0 Å². The van der Waals surface area contributed by atoms with E-state index in [9.17, 15) is 0 Å². The number of benzene rings is 1. The lowest BCUT2D eigenvalue weighted by Gasteiger charge is -2.19. The number of nitrogens with zero attached hydrogens (tertiary/aromatic N) is 1. The van der Waals surface area contributed by atoms with Gasteiger partial charge in [0.15, 0.2) is 11.5 Å². The van der Waals surface area contributed by atoms with Crippen LogP contribution in [0.3, 0.4) is 0 Å². The summed E-state index contributed by atoms with van der Waals surface area (Å²) in [5, 5.41) is 3.42. The lowest BCUT2D eigenvalue weighted by atomic mass is 10.2. The van der Waals surface area contributed by atoms with Gasteiger partial charge >= 0.3 is 0 Å². The van der Waals surface area contributed by atoms with Crippen molar-refractivity contribution in [3.8, 4) is 11.5 Å². The molecule has 2 heterocycles. The molecule has 0 fully saturated rings. The van der Waals surface area contributed by atoms with Gasteiger partial charge in [-0.05, 0) is 29.8 Å². The van der Waals surface area contributed by atoms with Gasteiger partial charge < -0.3 is 14.8 Å². The van der Waals surface area contributed by atoms with Gasteiger partial charge in [-0.25, -0.2) is 0 Å². The van der Waals surface area contributed by atoms with Crippen LogP contribution in [0.4, 0.5) is 0 Å². The van der Waals surface area contributed by atoms with Gasteiger partial charge in [0.25, 0.3) is 0 Å². The van der Waals surface area contributed by atoms with Gasteiger partial charge in [0.2, 0.25) is 0 Å². The van der Waals surface area contributed by atoms with Crippen molar-refractivity contribution in [2.45, 2.75) is 13.0 Å². The third kappa shape index (κ3) is 3.27. The van der Waals surface area contributed by atoms with Crippen molar-refractivity contribution < 1.29 is 9.47 Å². The summed E-state index contributed by atoms with van der Waals surface area (Å²) in [6, 6.07) is 12.1. The zero-order valence-electron chi connectivity index (χ0n) is 11.3. The van der Waals surface area contributed by atoms with Gasteiger partial charge in [-0.1, -0.05) is 12.1 Å². The minimum atomic E-state index is 0.629.